The van der Waals surface area contributed by atoms with Gasteiger partial charge in [0.1, 0.15) is 0 Å². The van der Waals surface area contributed by atoms with Gasteiger partial charge in [-0.15, -0.1) is 11.3 Å². The number of aryl methyl sites for hydroxylation is 3. The summed E-state index contributed by atoms with van der Waals surface area (Å²) in [6.07, 6.45) is 2.07. The molecule has 0 radical (unpaired) electrons. The van der Waals surface area contributed by atoms with Crippen LogP contribution in [0.15, 0.2) is 17.6 Å². The number of hydrogen-bond acceptors (Lipinski definition) is 3. The van der Waals surface area contributed by atoms with E-state index in [0.717, 1.165) is 24.7 Å². The van der Waals surface area contributed by atoms with E-state index in [-0.39, 0.29) is 0 Å². The van der Waals surface area contributed by atoms with Crippen LogP contribution in [0.3, 0.4) is 0 Å². The van der Waals surface area contributed by atoms with Crippen molar-refractivity contribution in [1.82, 2.24) is 9.55 Å². The van der Waals surface area contributed by atoms with Crippen LogP contribution in [0.1, 0.15) is 23.1 Å². The molecule has 0 aliphatic carbocycles. The Hall–Kier alpha value is -1.29. The molecule has 2 aromatic heterocycles. The van der Waals surface area contributed by atoms with E-state index in [0.29, 0.717) is 0 Å². The highest BCUT2D eigenvalue weighted by molar-refractivity contribution is 7.10. The second kappa shape index (κ2) is 4.70. The van der Waals surface area contributed by atoms with Crippen LogP contribution in [0.2, 0.25) is 0 Å². The quantitative estimate of drug-likeness (QED) is 0.882. The van der Waals surface area contributed by atoms with E-state index in [1.54, 1.807) is 11.3 Å². The maximum atomic E-state index is 4.47. The zero-order valence-corrected chi connectivity index (χ0v) is 10.8. The summed E-state index contributed by atoms with van der Waals surface area (Å²) in [5.41, 5.74) is 2.41. The molecule has 4 heteroatoms. The Labute approximate surface area is 100 Å². The van der Waals surface area contributed by atoms with E-state index in [2.05, 4.69) is 46.4 Å². The first-order valence-electron chi connectivity index (χ1n) is 5.51. The fraction of sp³-hybridized carbons (Fsp3) is 0.417. The van der Waals surface area contributed by atoms with Crippen molar-refractivity contribution in [3.63, 3.8) is 0 Å². The molecule has 0 bridgehead atoms. The molecule has 0 saturated carbocycles. The van der Waals surface area contributed by atoms with Gasteiger partial charge in [0, 0.05) is 17.6 Å². The van der Waals surface area contributed by atoms with Crippen molar-refractivity contribution in [2.45, 2.75) is 33.9 Å². The Morgan fingerprint density at radius 2 is 2.25 bits per heavy atom. The highest BCUT2D eigenvalue weighted by Crippen LogP contribution is 2.17. The minimum absolute atomic E-state index is 0.861. The molecule has 0 saturated heterocycles. The van der Waals surface area contributed by atoms with Crippen LogP contribution in [0.25, 0.3) is 0 Å². The van der Waals surface area contributed by atoms with Gasteiger partial charge in [-0.1, -0.05) is 0 Å². The lowest BCUT2D eigenvalue weighted by molar-refractivity contribution is 0.763. The van der Waals surface area contributed by atoms with Crippen molar-refractivity contribution in [1.29, 1.82) is 0 Å². The normalized spacial score (nSPS) is 10.7. The van der Waals surface area contributed by atoms with Crippen molar-refractivity contribution >= 4 is 17.3 Å². The lowest BCUT2D eigenvalue weighted by Gasteiger charge is -2.06. The summed E-state index contributed by atoms with van der Waals surface area (Å²) in [4.78, 5) is 5.85. The molecule has 2 heterocycles. The average Bonchev–Trinajstić information content (AvgIpc) is 2.81. The van der Waals surface area contributed by atoms with Gasteiger partial charge < -0.3 is 9.88 Å². The molecule has 3 nitrogen and oxygen atoms in total. The zero-order chi connectivity index (χ0) is 11.5. The lowest BCUT2D eigenvalue weighted by atomic mass is 10.3. The number of rotatable bonds is 4. The van der Waals surface area contributed by atoms with Gasteiger partial charge in [0.05, 0.1) is 12.2 Å². The molecule has 86 valence electrons. The molecule has 0 unspecified atom stereocenters. The molecular formula is C12H17N3S. The van der Waals surface area contributed by atoms with E-state index in [9.17, 15) is 0 Å². The second-order valence-corrected chi connectivity index (χ2v) is 4.87. The second-order valence-electron chi connectivity index (χ2n) is 3.87. The van der Waals surface area contributed by atoms with Crippen molar-refractivity contribution in [2.24, 2.45) is 0 Å². The van der Waals surface area contributed by atoms with Crippen molar-refractivity contribution in [2.75, 3.05) is 5.32 Å². The van der Waals surface area contributed by atoms with Crippen LogP contribution in [0.4, 0.5) is 5.95 Å². The summed E-state index contributed by atoms with van der Waals surface area (Å²) in [7, 11) is 0. The standard InChI is InChI=1S/C12H17N3S/c1-4-15-8-10(3)14-12(15)13-7-11-9(2)5-6-16-11/h5-6,8H,4,7H2,1-3H3,(H,13,14). The average molecular weight is 235 g/mol. The topological polar surface area (TPSA) is 29.9 Å². The Bertz CT molecular complexity index is 470. The van der Waals surface area contributed by atoms with E-state index in [1.165, 1.54) is 10.4 Å². The number of aromatic nitrogens is 2. The zero-order valence-electron chi connectivity index (χ0n) is 9.95. The van der Waals surface area contributed by atoms with E-state index in [4.69, 9.17) is 0 Å². The Balaban J connectivity index is 2.07. The van der Waals surface area contributed by atoms with Gasteiger partial charge >= 0.3 is 0 Å². The first-order valence-corrected chi connectivity index (χ1v) is 6.39. The molecule has 0 fully saturated rings. The third-order valence-corrected chi connectivity index (χ3v) is 3.64. The van der Waals surface area contributed by atoms with Gasteiger partial charge in [-0.25, -0.2) is 4.98 Å². The van der Waals surface area contributed by atoms with E-state index >= 15 is 0 Å². The minimum Gasteiger partial charge on any atom is -0.351 e. The summed E-state index contributed by atoms with van der Waals surface area (Å²) in [6, 6.07) is 2.15. The summed E-state index contributed by atoms with van der Waals surface area (Å²) in [6.45, 7) is 8.11. The molecule has 0 spiro atoms. The maximum Gasteiger partial charge on any atom is 0.203 e. The van der Waals surface area contributed by atoms with E-state index in [1.807, 2.05) is 6.92 Å². The molecule has 2 aromatic rings. The van der Waals surface area contributed by atoms with Crippen molar-refractivity contribution in [3.8, 4) is 0 Å². The predicted molar refractivity (Wildman–Crippen MR) is 69.0 cm³/mol. The van der Waals surface area contributed by atoms with E-state index < -0.39 is 0 Å². The van der Waals surface area contributed by atoms with Crippen molar-refractivity contribution < 1.29 is 0 Å². The van der Waals surface area contributed by atoms with Crippen molar-refractivity contribution in [3.05, 3.63) is 33.8 Å². The number of hydrogen-bond donors (Lipinski definition) is 1. The third kappa shape index (κ3) is 2.27. The van der Waals surface area contributed by atoms with Gasteiger partial charge in [-0.05, 0) is 37.8 Å². The predicted octanol–water partition coefficient (Wildman–Crippen LogP) is 3.19. The molecule has 1 N–H and O–H groups in total. The fourth-order valence-corrected chi connectivity index (χ4v) is 2.52. The smallest absolute Gasteiger partial charge is 0.203 e. The number of nitrogens with zero attached hydrogens (tertiary/aromatic N) is 2. The van der Waals surface area contributed by atoms with Crippen LogP contribution >= 0.6 is 11.3 Å². The first kappa shape index (κ1) is 11.2. The molecule has 2 rings (SSSR count). The van der Waals surface area contributed by atoms with Gasteiger partial charge in [0.25, 0.3) is 0 Å². The number of nitrogens with one attached hydrogen (secondary N) is 1. The summed E-state index contributed by atoms with van der Waals surface area (Å²) < 4.78 is 2.14. The number of imidazole rings is 1. The Kier molecular flexibility index (Phi) is 3.29. The third-order valence-electron chi connectivity index (χ3n) is 2.61. The van der Waals surface area contributed by atoms with Gasteiger partial charge in [-0.3, -0.25) is 0 Å². The summed E-state index contributed by atoms with van der Waals surface area (Å²) in [5, 5.41) is 5.52. The highest BCUT2D eigenvalue weighted by Gasteiger charge is 2.05. The van der Waals surface area contributed by atoms with Crippen LogP contribution in [0.5, 0.6) is 0 Å². The molecule has 0 aliphatic rings. The summed E-state index contributed by atoms with van der Waals surface area (Å²) >= 11 is 1.79. The molecule has 0 aromatic carbocycles. The monoisotopic (exact) mass is 235 g/mol. The SMILES string of the molecule is CCn1cc(C)nc1NCc1sccc1C. The lowest BCUT2D eigenvalue weighted by Crippen LogP contribution is -2.05. The Morgan fingerprint density at radius 1 is 1.44 bits per heavy atom. The van der Waals surface area contributed by atoms with Gasteiger partial charge in [0.15, 0.2) is 0 Å². The number of anilines is 1. The van der Waals surface area contributed by atoms with Crippen LogP contribution in [-0.4, -0.2) is 9.55 Å². The molecule has 0 atom stereocenters. The van der Waals surface area contributed by atoms with Crippen LogP contribution < -0.4 is 5.32 Å². The number of thiophene rings is 1. The molecule has 16 heavy (non-hydrogen) atoms. The van der Waals surface area contributed by atoms with Gasteiger partial charge in [-0.2, -0.15) is 0 Å². The van der Waals surface area contributed by atoms with Crippen LogP contribution in [0, 0.1) is 13.8 Å². The minimum atomic E-state index is 0.861. The molecule has 0 aliphatic heterocycles. The molecule has 0 amide bonds. The maximum absolute atomic E-state index is 4.47. The highest BCUT2D eigenvalue weighted by atomic mass is 32.1. The first-order chi connectivity index (χ1) is 7.70. The fourth-order valence-electron chi connectivity index (χ4n) is 1.67. The van der Waals surface area contributed by atoms with Gasteiger partial charge in [0.2, 0.25) is 5.95 Å². The summed E-state index contributed by atoms with van der Waals surface area (Å²) in [5.74, 6) is 0.966. The Morgan fingerprint density at radius 3 is 2.88 bits per heavy atom. The largest absolute Gasteiger partial charge is 0.351 e. The van der Waals surface area contributed by atoms with Crippen LogP contribution in [-0.2, 0) is 13.1 Å². The molecular weight excluding hydrogens is 218 g/mol.